The first-order chi connectivity index (χ1) is 12.2. The van der Waals surface area contributed by atoms with Crippen LogP contribution in [0.2, 0.25) is 0 Å². The molecule has 2 heterocycles. The summed E-state index contributed by atoms with van der Waals surface area (Å²) in [5.41, 5.74) is 8.91. The lowest BCUT2D eigenvalue weighted by atomic mass is 9.91. The lowest BCUT2D eigenvalue weighted by Gasteiger charge is -2.24. The van der Waals surface area contributed by atoms with Gasteiger partial charge in [-0.2, -0.15) is 0 Å². The fourth-order valence-corrected chi connectivity index (χ4v) is 4.29. The van der Waals surface area contributed by atoms with Gasteiger partial charge in [0.1, 0.15) is 0 Å². The third kappa shape index (κ3) is 2.09. The number of ether oxygens (including phenoxy) is 2. The highest BCUT2D eigenvalue weighted by Crippen LogP contribution is 2.56. The molecule has 0 spiro atoms. The minimum absolute atomic E-state index is 0.179. The Morgan fingerprint density at radius 2 is 1.84 bits per heavy atom. The van der Waals surface area contributed by atoms with E-state index >= 15 is 0 Å². The van der Waals surface area contributed by atoms with Gasteiger partial charge in [-0.05, 0) is 47.7 Å². The lowest BCUT2D eigenvalue weighted by molar-refractivity contribution is -0.135. The van der Waals surface area contributed by atoms with E-state index in [1.165, 1.54) is 11.1 Å². The number of benzene rings is 2. The van der Waals surface area contributed by atoms with Crippen LogP contribution in [0.3, 0.4) is 0 Å². The quantitative estimate of drug-likeness (QED) is 0.933. The van der Waals surface area contributed by atoms with Crippen LogP contribution in [0.15, 0.2) is 42.5 Å². The van der Waals surface area contributed by atoms with E-state index in [0.29, 0.717) is 19.6 Å². The molecule has 2 aliphatic heterocycles. The third-order valence-corrected chi connectivity index (χ3v) is 5.79. The molecule has 1 aliphatic carbocycles. The predicted molar refractivity (Wildman–Crippen MR) is 92.1 cm³/mol. The first-order valence-electron chi connectivity index (χ1n) is 8.69. The third-order valence-electron chi connectivity index (χ3n) is 5.79. The highest BCUT2D eigenvalue weighted by molar-refractivity contribution is 5.92. The zero-order valence-electron chi connectivity index (χ0n) is 13.9. The molecule has 1 amide bonds. The van der Waals surface area contributed by atoms with Gasteiger partial charge in [0.25, 0.3) is 0 Å². The Morgan fingerprint density at radius 1 is 1.12 bits per heavy atom. The molecule has 5 heteroatoms. The number of rotatable bonds is 3. The first kappa shape index (κ1) is 14.8. The van der Waals surface area contributed by atoms with E-state index in [0.717, 1.165) is 23.5 Å². The predicted octanol–water partition coefficient (Wildman–Crippen LogP) is 2.17. The molecule has 2 atom stereocenters. The van der Waals surface area contributed by atoms with Gasteiger partial charge in [-0.15, -0.1) is 0 Å². The molecule has 1 saturated carbocycles. The molecule has 1 fully saturated rings. The maximum absolute atomic E-state index is 13.5. The molecule has 0 unspecified atom stereocenters. The Kier molecular flexibility index (Phi) is 3.09. The van der Waals surface area contributed by atoms with E-state index < -0.39 is 5.41 Å². The molecule has 0 aromatic heterocycles. The maximum Gasteiger partial charge on any atom is 0.234 e. The van der Waals surface area contributed by atoms with Gasteiger partial charge < -0.3 is 20.1 Å². The Hall–Kier alpha value is -2.53. The summed E-state index contributed by atoms with van der Waals surface area (Å²) in [7, 11) is 0. The van der Waals surface area contributed by atoms with Crippen molar-refractivity contribution < 1.29 is 14.3 Å². The molecule has 25 heavy (non-hydrogen) atoms. The summed E-state index contributed by atoms with van der Waals surface area (Å²) in [6.45, 7) is 2.11. The second-order valence-electron chi connectivity index (χ2n) is 7.11. The van der Waals surface area contributed by atoms with Gasteiger partial charge in [0, 0.05) is 13.1 Å². The van der Waals surface area contributed by atoms with Crippen molar-refractivity contribution in [2.24, 2.45) is 11.7 Å². The van der Waals surface area contributed by atoms with E-state index in [9.17, 15) is 4.79 Å². The van der Waals surface area contributed by atoms with Crippen LogP contribution in [-0.2, 0) is 23.3 Å². The molecule has 2 aromatic rings. The van der Waals surface area contributed by atoms with Crippen molar-refractivity contribution in [3.63, 3.8) is 0 Å². The van der Waals surface area contributed by atoms with Crippen molar-refractivity contribution in [1.29, 1.82) is 0 Å². The summed E-state index contributed by atoms with van der Waals surface area (Å²) in [6.07, 6.45) is 0.800. The Balaban J connectivity index is 1.48. The summed E-state index contributed by atoms with van der Waals surface area (Å²) in [6, 6.07) is 14.1. The second-order valence-corrected chi connectivity index (χ2v) is 7.11. The number of hydrogen-bond acceptors (Lipinski definition) is 4. The second kappa shape index (κ2) is 5.23. The zero-order valence-corrected chi connectivity index (χ0v) is 13.9. The molecule has 0 radical (unpaired) electrons. The van der Waals surface area contributed by atoms with Crippen LogP contribution in [0.1, 0.15) is 23.1 Å². The van der Waals surface area contributed by atoms with E-state index in [4.69, 9.17) is 15.2 Å². The van der Waals surface area contributed by atoms with Crippen molar-refractivity contribution in [3.05, 3.63) is 59.2 Å². The molecule has 0 bridgehead atoms. The molecule has 2 N–H and O–H groups in total. The number of carbonyl (C=O) groups excluding carboxylic acids is 1. The van der Waals surface area contributed by atoms with E-state index in [1.807, 2.05) is 35.2 Å². The topological polar surface area (TPSA) is 64.8 Å². The fourth-order valence-electron chi connectivity index (χ4n) is 4.29. The van der Waals surface area contributed by atoms with Gasteiger partial charge in [-0.1, -0.05) is 30.3 Å². The number of nitrogens with zero attached hydrogens (tertiary/aromatic N) is 1. The summed E-state index contributed by atoms with van der Waals surface area (Å²) < 4.78 is 10.9. The SMILES string of the molecule is NC[C@@H]1C[C@@]1(C(=O)N1Cc2ccccc2C1)c1ccc2c(c1)OCO2. The van der Waals surface area contributed by atoms with Gasteiger partial charge in [0.15, 0.2) is 11.5 Å². The van der Waals surface area contributed by atoms with Crippen molar-refractivity contribution >= 4 is 5.91 Å². The van der Waals surface area contributed by atoms with Gasteiger partial charge in [0.05, 0.1) is 5.41 Å². The van der Waals surface area contributed by atoms with Crippen molar-refractivity contribution in [3.8, 4) is 11.5 Å². The average Bonchev–Trinajstić information content (AvgIpc) is 3.00. The van der Waals surface area contributed by atoms with Crippen LogP contribution in [0.25, 0.3) is 0 Å². The average molecular weight is 336 g/mol. The van der Waals surface area contributed by atoms with E-state index in [-0.39, 0.29) is 18.6 Å². The van der Waals surface area contributed by atoms with E-state index in [1.54, 1.807) is 0 Å². The largest absolute Gasteiger partial charge is 0.454 e. The van der Waals surface area contributed by atoms with Crippen molar-refractivity contribution in [2.45, 2.75) is 24.9 Å². The fraction of sp³-hybridized carbons (Fsp3) is 0.350. The van der Waals surface area contributed by atoms with Crippen LogP contribution in [0.4, 0.5) is 0 Å². The van der Waals surface area contributed by atoms with Crippen LogP contribution in [-0.4, -0.2) is 24.1 Å². The van der Waals surface area contributed by atoms with Crippen LogP contribution in [0, 0.1) is 5.92 Å². The van der Waals surface area contributed by atoms with Gasteiger partial charge in [-0.25, -0.2) is 0 Å². The summed E-state index contributed by atoms with van der Waals surface area (Å²) in [4.78, 5) is 15.4. The highest BCUT2D eigenvalue weighted by atomic mass is 16.7. The smallest absolute Gasteiger partial charge is 0.234 e. The van der Waals surface area contributed by atoms with Crippen LogP contribution >= 0.6 is 0 Å². The molecule has 5 nitrogen and oxygen atoms in total. The highest BCUT2D eigenvalue weighted by Gasteiger charge is 2.61. The molecular formula is C20H20N2O3. The van der Waals surface area contributed by atoms with Crippen molar-refractivity contribution in [2.75, 3.05) is 13.3 Å². The summed E-state index contributed by atoms with van der Waals surface area (Å²) in [5, 5.41) is 0. The molecule has 2 aromatic carbocycles. The van der Waals surface area contributed by atoms with Gasteiger partial charge >= 0.3 is 0 Å². The molecule has 5 rings (SSSR count). The van der Waals surface area contributed by atoms with Crippen LogP contribution < -0.4 is 15.2 Å². The number of amides is 1. The lowest BCUT2D eigenvalue weighted by Crippen LogP contribution is -2.38. The molecule has 3 aliphatic rings. The summed E-state index contributed by atoms with van der Waals surface area (Å²) in [5.74, 6) is 1.82. The molecular weight excluding hydrogens is 316 g/mol. The number of hydrogen-bond donors (Lipinski definition) is 1. The number of fused-ring (bicyclic) bond motifs is 2. The van der Waals surface area contributed by atoms with E-state index in [2.05, 4.69) is 12.1 Å². The standard InChI is InChI=1S/C20H20N2O3/c21-9-16-8-20(16,15-5-6-17-18(7-15)25-12-24-17)19(23)22-10-13-3-1-2-4-14(13)11-22/h1-7,16H,8-12,21H2/t16-,20+/m0/s1. The Bertz CT molecular complexity index is 841. The zero-order chi connectivity index (χ0) is 17.0. The maximum atomic E-state index is 13.5. The van der Waals surface area contributed by atoms with Gasteiger partial charge in [-0.3, -0.25) is 4.79 Å². The summed E-state index contributed by atoms with van der Waals surface area (Å²) >= 11 is 0. The minimum Gasteiger partial charge on any atom is -0.454 e. The molecule has 128 valence electrons. The monoisotopic (exact) mass is 336 g/mol. The number of nitrogens with two attached hydrogens (primary N) is 1. The van der Waals surface area contributed by atoms with Gasteiger partial charge in [0.2, 0.25) is 12.7 Å². The normalized spacial score (nSPS) is 25.8. The number of carbonyl (C=O) groups is 1. The Morgan fingerprint density at radius 3 is 2.52 bits per heavy atom. The first-order valence-corrected chi connectivity index (χ1v) is 8.69. The van der Waals surface area contributed by atoms with Crippen LogP contribution in [0.5, 0.6) is 11.5 Å². The minimum atomic E-state index is -0.516. The Labute approximate surface area is 146 Å². The molecule has 0 saturated heterocycles. The van der Waals surface area contributed by atoms with Crippen molar-refractivity contribution in [1.82, 2.24) is 4.90 Å².